The zero-order valence-electron chi connectivity index (χ0n) is 6.51. The minimum Gasteiger partial charge on any atom is -0.467 e. The maximum atomic E-state index is 11.3. The molecule has 3 radical (unpaired) electrons. The van der Waals surface area contributed by atoms with Crippen LogP contribution in [-0.2, 0) is 4.74 Å². The molecular weight excluding hydrogens is 410 g/mol. The van der Waals surface area contributed by atoms with Crippen LogP contribution in [0.15, 0.2) is 18.2 Å². The number of carbonyl (C=O) groups excluding carboxylic acids is 1. The number of rotatable bonds is 2. The highest BCUT2D eigenvalue weighted by Gasteiger charge is 2.10. The van der Waals surface area contributed by atoms with Crippen LogP contribution in [0.25, 0.3) is 0 Å². The summed E-state index contributed by atoms with van der Waals surface area (Å²) < 4.78 is 6.84. The Hall–Kier alpha value is 0.367. The molecule has 0 N–H and O–H groups in total. The van der Waals surface area contributed by atoms with E-state index in [-0.39, 0.29) is 12.2 Å². The Kier molecular flexibility index (Phi) is 4.66. The summed E-state index contributed by atoms with van der Waals surface area (Å²) in [6.45, 7) is 0. The zero-order valence-corrected chi connectivity index (χ0v) is 11.8. The van der Waals surface area contributed by atoms with Crippen LogP contribution in [0.2, 0.25) is 0 Å². The second kappa shape index (κ2) is 5.30. The summed E-state index contributed by atoms with van der Waals surface area (Å²) >= 11 is 4.32. The van der Waals surface area contributed by atoms with Gasteiger partial charge < -0.3 is 4.74 Å². The third-order valence-corrected chi connectivity index (χ3v) is 3.06. The molecule has 0 bridgehead atoms. The van der Waals surface area contributed by atoms with Crippen LogP contribution >= 0.6 is 45.2 Å². The van der Waals surface area contributed by atoms with Crippen molar-refractivity contribution in [1.82, 2.24) is 0 Å². The number of esters is 1. The van der Waals surface area contributed by atoms with Crippen molar-refractivity contribution in [3.05, 3.63) is 30.9 Å². The highest BCUT2D eigenvalue weighted by Crippen LogP contribution is 2.16. The molecule has 5 heteroatoms. The fourth-order valence-corrected chi connectivity index (χ4v) is 2.75. The molecule has 1 rings (SSSR count). The Morgan fingerprint density at radius 1 is 1.46 bits per heavy atom. The van der Waals surface area contributed by atoms with E-state index in [9.17, 15) is 4.79 Å². The second-order valence-electron chi connectivity index (χ2n) is 2.20. The first-order valence-electron chi connectivity index (χ1n) is 3.42. The van der Waals surface area contributed by atoms with Crippen LogP contribution in [0.4, 0.5) is 0 Å². The maximum Gasteiger partial charge on any atom is 0.338 e. The van der Waals surface area contributed by atoms with Gasteiger partial charge in [-0.1, -0.05) is 0 Å². The van der Waals surface area contributed by atoms with Gasteiger partial charge in [-0.3, -0.25) is 0 Å². The lowest BCUT2D eigenvalue weighted by Gasteiger charge is -2.03. The lowest BCUT2D eigenvalue weighted by atomic mass is 10.2. The lowest BCUT2D eigenvalue weighted by Crippen LogP contribution is -2.08. The average molecular weight is 415 g/mol. The molecule has 0 amide bonds. The summed E-state index contributed by atoms with van der Waals surface area (Å²) in [5.74, 6) is -0.296. The molecule has 1 aromatic rings. The first-order valence-corrected chi connectivity index (χ1v) is 6.28. The number of ether oxygens (including phenoxy) is 1. The van der Waals surface area contributed by atoms with Crippen molar-refractivity contribution in [2.24, 2.45) is 0 Å². The average Bonchev–Trinajstić information content (AvgIpc) is 2.04. The third kappa shape index (κ3) is 3.20. The van der Waals surface area contributed by atoms with Crippen LogP contribution in [0.3, 0.4) is 0 Å². The molecule has 0 heterocycles. The monoisotopic (exact) mass is 415 g/mol. The smallest absolute Gasteiger partial charge is 0.338 e. The normalized spacial score (nSPS) is 9.77. The first-order chi connectivity index (χ1) is 6.15. The predicted molar refractivity (Wildman–Crippen MR) is 67.9 cm³/mol. The summed E-state index contributed by atoms with van der Waals surface area (Å²) in [6.07, 6.45) is 0.223. The van der Waals surface area contributed by atoms with Gasteiger partial charge in [0.2, 0.25) is 0 Å². The molecule has 1 aromatic carbocycles. The van der Waals surface area contributed by atoms with Gasteiger partial charge in [0, 0.05) is 7.14 Å². The van der Waals surface area contributed by atoms with Crippen molar-refractivity contribution < 1.29 is 9.53 Å². The summed E-state index contributed by atoms with van der Waals surface area (Å²) in [7, 11) is 3.09. The van der Waals surface area contributed by atoms with Crippen molar-refractivity contribution in [2.75, 3.05) is 6.23 Å². The van der Waals surface area contributed by atoms with E-state index in [1.807, 2.05) is 12.1 Å². The van der Waals surface area contributed by atoms with Gasteiger partial charge in [0.05, 0.1) is 22.0 Å². The fourth-order valence-electron chi connectivity index (χ4n) is 0.798. The Labute approximate surface area is 107 Å². The van der Waals surface area contributed by atoms with Gasteiger partial charge in [-0.15, -0.1) is 0 Å². The molecule has 0 unspecified atom stereocenters. The lowest BCUT2D eigenvalue weighted by molar-refractivity contribution is 0.0572. The molecular formula is C8H5I2O2Si. The van der Waals surface area contributed by atoms with Crippen molar-refractivity contribution in [1.29, 1.82) is 0 Å². The second-order valence-corrected chi connectivity index (χ2v) is 4.90. The molecule has 0 aromatic heterocycles. The summed E-state index contributed by atoms with van der Waals surface area (Å²) in [5.41, 5.74) is 0.610. The molecule has 0 saturated heterocycles. The van der Waals surface area contributed by atoms with E-state index in [2.05, 4.69) is 55.4 Å². The van der Waals surface area contributed by atoms with Gasteiger partial charge in [-0.25, -0.2) is 4.79 Å². The minimum absolute atomic E-state index is 0.223. The molecule has 67 valence electrons. The molecule has 0 atom stereocenters. The number of carbonyl (C=O) groups is 1. The van der Waals surface area contributed by atoms with E-state index in [1.54, 1.807) is 6.07 Å². The van der Waals surface area contributed by atoms with E-state index in [0.29, 0.717) is 5.56 Å². The third-order valence-electron chi connectivity index (χ3n) is 1.35. The van der Waals surface area contributed by atoms with Gasteiger partial charge in [0.1, 0.15) is 0 Å². The molecule has 0 aliphatic rings. The fraction of sp³-hybridized carbons (Fsp3) is 0.125. The molecule has 2 nitrogen and oxygen atoms in total. The number of benzene rings is 1. The Morgan fingerprint density at radius 2 is 2.15 bits per heavy atom. The van der Waals surface area contributed by atoms with Crippen molar-refractivity contribution in [3.63, 3.8) is 0 Å². The van der Waals surface area contributed by atoms with Gasteiger partial charge in [-0.2, -0.15) is 0 Å². The van der Waals surface area contributed by atoms with E-state index < -0.39 is 0 Å². The standard InChI is InChI=1S/C8H5I2O2Si/c9-5-1-2-6(7(10)3-5)8(11)12-4-13/h1-3H,4H2. The van der Waals surface area contributed by atoms with Crippen LogP contribution in [0.5, 0.6) is 0 Å². The predicted octanol–water partition coefficient (Wildman–Crippen LogP) is 2.18. The quantitative estimate of drug-likeness (QED) is 0.421. The van der Waals surface area contributed by atoms with E-state index >= 15 is 0 Å². The first kappa shape index (κ1) is 11.4. The molecule has 0 spiro atoms. The van der Waals surface area contributed by atoms with E-state index in [0.717, 1.165) is 7.14 Å². The van der Waals surface area contributed by atoms with Crippen LogP contribution in [-0.4, -0.2) is 22.4 Å². The highest BCUT2D eigenvalue weighted by atomic mass is 127. The number of hydrogen-bond donors (Lipinski definition) is 0. The maximum absolute atomic E-state index is 11.3. The van der Waals surface area contributed by atoms with Gasteiger partial charge in [0.25, 0.3) is 0 Å². The Bertz CT molecular complexity index is 328. The largest absolute Gasteiger partial charge is 0.467 e. The Balaban J connectivity index is 2.95. The zero-order chi connectivity index (χ0) is 9.84. The summed E-state index contributed by atoms with van der Waals surface area (Å²) in [4.78, 5) is 11.3. The van der Waals surface area contributed by atoms with Crippen molar-refractivity contribution in [3.8, 4) is 0 Å². The van der Waals surface area contributed by atoms with Gasteiger partial charge in [-0.05, 0) is 63.4 Å². The topological polar surface area (TPSA) is 26.3 Å². The van der Waals surface area contributed by atoms with Crippen LogP contribution < -0.4 is 0 Å². The highest BCUT2D eigenvalue weighted by molar-refractivity contribution is 14.1. The van der Waals surface area contributed by atoms with Crippen molar-refractivity contribution >= 4 is 61.4 Å². The van der Waals surface area contributed by atoms with Crippen molar-refractivity contribution in [2.45, 2.75) is 0 Å². The van der Waals surface area contributed by atoms with Gasteiger partial charge >= 0.3 is 5.97 Å². The molecule has 0 aliphatic carbocycles. The van der Waals surface area contributed by atoms with Gasteiger partial charge in [0.15, 0.2) is 0 Å². The minimum atomic E-state index is -0.296. The molecule has 0 aliphatic heterocycles. The number of halogens is 2. The van der Waals surface area contributed by atoms with E-state index in [1.165, 1.54) is 0 Å². The summed E-state index contributed by atoms with van der Waals surface area (Å²) in [5, 5.41) is 0. The molecule has 0 fully saturated rings. The Morgan fingerprint density at radius 3 is 2.69 bits per heavy atom. The SMILES string of the molecule is O=C(OC[Si])c1ccc(I)cc1I. The molecule has 0 saturated carbocycles. The van der Waals surface area contributed by atoms with Crippen LogP contribution in [0, 0.1) is 7.14 Å². The summed E-state index contributed by atoms with van der Waals surface area (Å²) in [6, 6.07) is 5.59. The van der Waals surface area contributed by atoms with Crippen LogP contribution in [0.1, 0.15) is 10.4 Å². The van der Waals surface area contributed by atoms with E-state index in [4.69, 9.17) is 4.74 Å². The molecule has 13 heavy (non-hydrogen) atoms. The number of hydrogen-bond acceptors (Lipinski definition) is 2.